The summed E-state index contributed by atoms with van der Waals surface area (Å²) in [4.78, 5) is 23.8. The number of carbonyl (C=O) groups is 1. The number of rotatable bonds is 6. The molecule has 0 amide bonds. The maximum absolute atomic E-state index is 12.5. The number of hydrogen-bond donors (Lipinski definition) is 0. The highest BCUT2D eigenvalue weighted by Gasteiger charge is 2.70. The monoisotopic (exact) mass is 390 g/mol. The molecule has 2 saturated carbocycles. The molecule has 0 heterocycles. The highest BCUT2D eigenvalue weighted by atomic mass is 17.2. The normalized spacial score (nSPS) is 31.2. The quantitative estimate of drug-likeness (QED) is 0.194. The van der Waals surface area contributed by atoms with Gasteiger partial charge in [0.15, 0.2) is 11.2 Å². The van der Waals surface area contributed by atoms with Gasteiger partial charge in [-0.25, -0.2) is 14.6 Å². The molecule has 4 heteroatoms. The predicted octanol–water partition coefficient (Wildman–Crippen LogP) is 5.61. The zero-order valence-electron chi connectivity index (χ0n) is 19.2. The largest absolute Gasteiger partial charge is 0.442 e. The van der Waals surface area contributed by atoms with Gasteiger partial charge in [0.05, 0.1) is 5.60 Å². The fourth-order valence-electron chi connectivity index (χ4n) is 4.41. The Kier molecular flexibility index (Phi) is 5.89. The highest BCUT2D eigenvalue weighted by molar-refractivity contribution is 5.87. The second-order valence-electron chi connectivity index (χ2n) is 10.5. The van der Waals surface area contributed by atoms with Crippen LogP contribution in [-0.2, 0) is 19.3 Å². The Morgan fingerprint density at radius 3 is 2.21 bits per heavy atom. The summed E-state index contributed by atoms with van der Waals surface area (Å²) < 4.78 is 6.09. The summed E-state index contributed by atoms with van der Waals surface area (Å²) in [6, 6.07) is 0. The third kappa shape index (κ3) is 3.89. The van der Waals surface area contributed by atoms with Crippen LogP contribution in [0.4, 0.5) is 0 Å². The summed E-state index contributed by atoms with van der Waals surface area (Å²) in [5.41, 5.74) is -1.82. The first-order valence-corrected chi connectivity index (χ1v) is 10.4. The molecular formula is C24H38O4. The van der Waals surface area contributed by atoms with E-state index in [-0.39, 0.29) is 22.4 Å². The molecule has 2 aliphatic rings. The van der Waals surface area contributed by atoms with Crippen molar-refractivity contribution in [1.82, 2.24) is 0 Å². The topological polar surface area (TPSA) is 44.8 Å². The Labute approximate surface area is 171 Å². The van der Waals surface area contributed by atoms with Crippen LogP contribution >= 0.6 is 0 Å². The summed E-state index contributed by atoms with van der Waals surface area (Å²) in [5.74, 6) is 6.69. The Balaban J connectivity index is 2.38. The molecule has 2 rings (SSSR count). The SMILES string of the molecule is C=C(C)C(=O)OC1(C#CC(C)(C)OOC(C)(C)CC)CC2CCC1(C)C2(C)C. The van der Waals surface area contributed by atoms with E-state index in [1.807, 2.05) is 34.6 Å². The van der Waals surface area contributed by atoms with Gasteiger partial charge in [0, 0.05) is 17.4 Å². The predicted molar refractivity (Wildman–Crippen MR) is 111 cm³/mol. The molecule has 0 radical (unpaired) electrons. The van der Waals surface area contributed by atoms with E-state index in [2.05, 4.69) is 39.2 Å². The second-order valence-corrected chi connectivity index (χ2v) is 10.5. The molecule has 0 aromatic heterocycles. The highest BCUT2D eigenvalue weighted by Crippen LogP contribution is 2.70. The van der Waals surface area contributed by atoms with Gasteiger partial charge in [-0.1, -0.05) is 46.1 Å². The van der Waals surface area contributed by atoms with E-state index < -0.39 is 11.2 Å². The third-order valence-corrected chi connectivity index (χ3v) is 7.37. The van der Waals surface area contributed by atoms with E-state index >= 15 is 0 Å². The molecule has 2 aliphatic carbocycles. The molecule has 0 aliphatic heterocycles. The van der Waals surface area contributed by atoms with Crippen molar-refractivity contribution >= 4 is 5.97 Å². The summed E-state index contributed by atoms with van der Waals surface area (Å²) in [6.07, 6.45) is 3.71. The molecule has 0 N–H and O–H groups in total. The van der Waals surface area contributed by atoms with E-state index in [9.17, 15) is 4.79 Å². The van der Waals surface area contributed by atoms with Crippen LogP contribution in [0.5, 0.6) is 0 Å². The van der Waals surface area contributed by atoms with E-state index in [1.54, 1.807) is 6.92 Å². The Bertz CT molecular complexity index is 706. The summed E-state index contributed by atoms with van der Waals surface area (Å²) in [7, 11) is 0. The standard InChI is InChI=1S/C24H38O4/c1-11-20(4,5)27-28-21(6,7)14-15-24(26-19(25)17(2)3)16-18-12-13-23(24,10)22(18,8)9/h18H,2,11-13,16H2,1,3-10H3. The minimum absolute atomic E-state index is 0.0444. The Morgan fingerprint density at radius 1 is 1.18 bits per heavy atom. The average molecular weight is 391 g/mol. The van der Waals surface area contributed by atoms with E-state index in [4.69, 9.17) is 14.5 Å². The number of carbonyl (C=O) groups excluding carboxylic acids is 1. The average Bonchev–Trinajstić information content (AvgIpc) is 2.91. The molecular weight excluding hydrogens is 352 g/mol. The third-order valence-electron chi connectivity index (χ3n) is 7.37. The van der Waals surface area contributed by atoms with Crippen molar-refractivity contribution in [1.29, 1.82) is 0 Å². The molecule has 28 heavy (non-hydrogen) atoms. The lowest BCUT2D eigenvalue weighted by Crippen LogP contribution is -2.50. The zero-order chi connectivity index (χ0) is 21.6. The molecule has 3 unspecified atom stereocenters. The maximum Gasteiger partial charge on any atom is 0.334 e. The molecule has 2 bridgehead atoms. The maximum atomic E-state index is 12.5. The molecule has 0 aromatic carbocycles. The van der Waals surface area contributed by atoms with Crippen LogP contribution in [0.25, 0.3) is 0 Å². The van der Waals surface area contributed by atoms with Gasteiger partial charge in [-0.3, -0.25) is 0 Å². The van der Waals surface area contributed by atoms with Gasteiger partial charge < -0.3 is 4.74 Å². The first-order valence-electron chi connectivity index (χ1n) is 10.4. The number of fused-ring (bicyclic) bond motifs is 2. The van der Waals surface area contributed by atoms with Crippen molar-refractivity contribution in [3.8, 4) is 11.8 Å². The van der Waals surface area contributed by atoms with Crippen LogP contribution in [0.15, 0.2) is 12.2 Å². The van der Waals surface area contributed by atoms with Crippen molar-refractivity contribution in [3.63, 3.8) is 0 Å². The zero-order valence-corrected chi connectivity index (χ0v) is 19.2. The number of ether oxygens (including phenoxy) is 1. The lowest BCUT2D eigenvalue weighted by molar-refractivity contribution is -0.388. The van der Waals surface area contributed by atoms with E-state index in [1.165, 1.54) is 0 Å². The first kappa shape index (κ1) is 23.0. The molecule has 0 aromatic rings. The van der Waals surface area contributed by atoms with Crippen molar-refractivity contribution in [2.75, 3.05) is 0 Å². The van der Waals surface area contributed by atoms with Gasteiger partial charge in [0.1, 0.15) is 0 Å². The Morgan fingerprint density at radius 2 is 1.79 bits per heavy atom. The minimum Gasteiger partial charge on any atom is -0.442 e. The summed E-state index contributed by atoms with van der Waals surface area (Å²) in [6.45, 7) is 22.0. The van der Waals surface area contributed by atoms with Crippen LogP contribution < -0.4 is 0 Å². The number of hydrogen-bond acceptors (Lipinski definition) is 4. The van der Waals surface area contributed by atoms with Crippen LogP contribution in [0.3, 0.4) is 0 Å². The van der Waals surface area contributed by atoms with Gasteiger partial charge in [0.25, 0.3) is 0 Å². The van der Waals surface area contributed by atoms with Gasteiger partial charge >= 0.3 is 5.97 Å². The van der Waals surface area contributed by atoms with Crippen LogP contribution in [0, 0.1) is 28.6 Å². The van der Waals surface area contributed by atoms with Crippen LogP contribution in [0.2, 0.25) is 0 Å². The first-order chi connectivity index (χ1) is 12.6. The van der Waals surface area contributed by atoms with Crippen molar-refractivity contribution < 1.29 is 19.3 Å². The van der Waals surface area contributed by atoms with Gasteiger partial charge in [-0.15, -0.1) is 0 Å². The molecule has 2 fully saturated rings. The molecule has 0 spiro atoms. The fourth-order valence-corrected chi connectivity index (χ4v) is 4.41. The molecule has 0 saturated heterocycles. The van der Waals surface area contributed by atoms with E-state index in [0.717, 1.165) is 25.7 Å². The van der Waals surface area contributed by atoms with Gasteiger partial charge in [0.2, 0.25) is 0 Å². The Hall–Kier alpha value is -1.31. The van der Waals surface area contributed by atoms with Crippen LogP contribution in [0.1, 0.15) is 88.0 Å². The van der Waals surface area contributed by atoms with Gasteiger partial charge in [-0.2, -0.15) is 0 Å². The van der Waals surface area contributed by atoms with Crippen molar-refractivity contribution in [3.05, 3.63) is 12.2 Å². The smallest absolute Gasteiger partial charge is 0.334 e. The molecule has 158 valence electrons. The van der Waals surface area contributed by atoms with E-state index in [0.29, 0.717) is 11.5 Å². The summed E-state index contributed by atoms with van der Waals surface area (Å²) in [5, 5.41) is 0. The summed E-state index contributed by atoms with van der Waals surface area (Å²) >= 11 is 0. The molecule has 3 atom stereocenters. The minimum atomic E-state index is -0.837. The van der Waals surface area contributed by atoms with Crippen molar-refractivity contribution in [2.45, 2.75) is 105 Å². The van der Waals surface area contributed by atoms with Gasteiger partial charge in [-0.05, 0) is 65.2 Å². The number of esters is 1. The lowest BCUT2D eigenvalue weighted by Gasteiger charge is -2.44. The fraction of sp³-hybridized carbons (Fsp3) is 0.792. The van der Waals surface area contributed by atoms with Crippen LogP contribution in [-0.4, -0.2) is 22.8 Å². The lowest BCUT2D eigenvalue weighted by atomic mass is 9.64. The van der Waals surface area contributed by atoms with Crippen molar-refractivity contribution in [2.24, 2.45) is 16.7 Å². The molecule has 4 nitrogen and oxygen atoms in total. The second kappa shape index (κ2) is 7.18.